The molecule has 0 saturated carbocycles. The number of anilines is 1. The minimum Gasteiger partial charge on any atom is -0.466 e. The van der Waals surface area contributed by atoms with Gasteiger partial charge in [0.25, 0.3) is 0 Å². The SMILES string of the molecule is COC(=O)/C=C/C(=O)N1CCC(C(=O)Nc2cccc(C)n2)CC1. The molecule has 7 nitrogen and oxygen atoms in total. The van der Waals surface area contributed by atoms with Gasteiger partial charge in [0.05, 0.1) is 7.11 Å². The first-order chi connectivity index (χ1) is 11.5. The van der Waals surface area contributed by atoms with Crippen LogP contribution >= 0.6 is 0 Å². The van der Waals surface area contributed by atoms with Crippen molar-refractivity contribution in [2.24, 2.45) is 5.92 Å². The lowest BCUT2D eigenvalue weighted by atomic mass is 9.96. The summed E-state index contributed by atoms with van der Waals surface area (Å²) in [6.07, 6.45) is 3.46. The number of pyridine rings is 1. The highest BCUT2D eigenvalue weighted by molar-refractivity contribution is 5.95. The van der Waals surface area contributed by atoms with Gasteiger partial charge in [-0.15, -0.1) is 0 Å². The fourth-order valence-electron chi connectivity index (χ4n) is 2.52. The number of ether oxygens (including phenoxy) is 1. The van der Waals surface area contributed by atoms with Crippen molar-refractivity contribution >= 4 is 23.6 Å². The van der Waals surface area contributed by atoms with Crippen LogP contribution in [0.25, 0.3) is 0 Å². The molecule has 0 aromatic carbocycles. The Labute approximate surface area is 140 Å². The molecule has 24 heavy (non-hydrogen) atoms. The molecule has 1 aromatic rings. The van der Waals surface area contributed by atoms with Crippen molar-refractivity contribution in [2.45, 2.75) is 19.8 Å². The zero-order chi connectivity index (χ0) is 17.5. The molecule has 0 radical (unpaired) electrons. The van der Waals surface area contributed by atoms with Crippen LogP contribution in [0.2, 0.25) is 0 Å². The Morgan fingerprint density at radius 2 is 1.96 bits per heavy atom. The molecule has 0 bridgehead atoms. The lowest BCUT2D eigenvalue weighted by Gasteiger charge is -2.30. The second kappa shape index (κ2) is 8.24. The highest BCUT2D eigenvalue weighted by Gasteiger charge is 2.26. The average Bonchev–Trinajstić information content (AvgIpc) is 2.59. The van der Waals surface area contributed by atoms with Crippen LogP contribution in [0.4, 0.5) is 5.82 Å². The van der Waals surface area contributed by atoms with Gasteiger partial charge in [0.1, 0.15) is 5.82 Å². The molecule has 1 aliphatic rings. The van der Waals surface area contributed by atoms with E-state index in [-0.39, 0.29) is 17.7 Å². The molecular weight excluding hydrogens is 310 g/mol. The largest absolute Gasteiger partial charge is 0.466 e. The summed E-state index contributed by atoms with van der Waals surface area (Å²) in [4.78, 5) is 41.1. The first kappa shape index (κ1) is 17.7. The second-order valence-corrected chi connectivity index (χ2v) is 5.61. The highest BCUT2D eigenvalue weighted by Crippen LogP contribution is 2.19. The number of carbonyl (C=O) groups is 3. The maximum Gasteiger partial charge on any atom is 0.330 e. The normalized spacial score (nSPS) is 15.3. The topological polar surface area (TPSA) is 88.6 Å². The number of rotatable bonds is 4. The fourth-order valence-corrected chi connectivity index (χ4v) is 2.52. The van der Waals surface area contributed by atoms with Gasteiger partial charge in [-0.3, -0.25) is 9.59 Å². The van der Waals surface area contributed by atoms with Gasteiger partial charge in [-0.05, 0) is 31.9 Å². The molecule has 1 aromatic heterocycles. The van der Waals surface area contributed by atoms with Gasteiger partial charge in [-0.1, -0.05) is 6.07 Å². The van der Waals surface area contributed by atoms with E-state index in [4.69, 9.17) is 0 Å². The van der Waals surface area contributed by atoms with Crippen molar-refractivity contribution in [3.05, 3.63) is 36.0 Å². The molecule has 2 rings (SSSR count). The van der Waals surface area contributed by atoms with Gasteiger partial charge in [-0.25, -0.2) is 9.78 Å². The number of hydrogen-bond acceptors (Lipinski definition) is 5. The minimum atomic E-state index is -0.566. The number of aromatic nitrogens is 1. The van der Waals surface area contributed by atoms with E-state index in [1.54, 1.807) is 11.0 Å². The Hall–Kier alpha value is -2.70. The molecule has 1 N–H and O–H groups in total. The Morgan fingerprint density at radius 1 is 1.25 bits per heavy atom. The predicted octanol–water partition coefficient (Wildman–Crippen LogP) is 1.30. The summed E-state index contributed by atoms with van der Waals surface area (Å²) in [5, 5.41) is 2.82. The summed E-state index contributed by atoms with van der Waals surface area (Å²) in [6.45, 7) is 2.81. The van der Waals surface area contributed by atoms with Crippen molar-refractivity contribution in [3.8, 4) is 0 Å². The first-order valence-corrected chi connectivity index (χ1v) is 7.79. The molecule has 1 fully saturated rings. The number of esters is 1. The average molecular weight is 331 g/mol. The Balaban J connectivity index is 1.83. The van der Waals surface area contributed by atoms with Crippen LogP contribution in [-0.4, -0.2) is 47.9 Å². The van der Waals surface area contributed by atoms with E-state index in [1.807, 2.05) is 19.1 Å². The zero-order valence-electron chi connectivity index (χ0n) is 13.8. The summed E-state index contributed by atoms with van der Waals surface area (Å²) in [5.74, 6) is -0.506. The van der Waals surface area contributed by atoms with Crippen LogP contribution in [-0.2, 0) is 19.1 Å². The number of amides is 2. The Morgan fingerprint density at radius 3 is 2.58 bits per heavy atom. The number of likely N-dealkylation sites (tertiary alicyclic amines) is 1. The molecule has 1 aliphatic heterocycles. The summed E-state index contributed by atoms with van der Waals surface area (Å²) in [5.41, 5.74) is 0.839. The minimum absolute atomic E-state index is 0.0784. The maximum absolute atomic E-state index is 12.3. The number of hydrogen-bond donors (Lipinski definition) is 1. The molecule has 1 saturated heterocycles. The van der Waals surface area contributed by atoms with Gasteiger partial charge in [0, 0.05) is 36.9 Å². The third-order valence-electron chi connectivity index (χ3n) is 3.88. The third kappa shape index (κ3) is 4.91. The molecule has 2 amide bonds. The molecule has 0 spiro atoms. The monoisotopic (exact) mass is 331 g/mol. The van der Waals surface area contributed by atoms with Gasteiger partial charge in [0.2, 0.25) is 11.8 Å². The third-order valence-corrected chi connectivity index (χ3v) is 3.88. The van der Waals surface area contributed by atoms with Crippen LogP contribution in [0, 0.1) is 12.8 Å². The number of nitrogens with one attached hydrogen (secondary N) is 1. The quantitative estimate of drug-likeness (QED) is 0.663. The van der Waals surface area contributed by atoms with E-state index in [0.29, 0.717) is 31.7 Å². The summed E-state index contributed by atoms with van der Waals surface area (Å²) >= 11 is 0. The van der Waals surface area contributed by atoms with Crippen LogP contribution in [0.15, 0.2) is 30.4 Å². The van der Waals surface area contributed by atoms with Crippen molar-refractivity contribution in [2.75, 3.05) is 25.5 Å². The van der Waals surface area contributed by atoms with Crippen LogP contribution in [0.3, 0.4) is 0 Å². The second-order valence-electron chi connectivity index (χ2n) is 5.61. The summed E-state index contributed by atoms with van der Waals surface area (Å²) in [6, 6.07) is 5.45. The molecule has 7 heteroatoms. The van der Waals surface area contributed by atoms with E-state index in [9.17, 15) is 14.4 Å². The van der Waals surface area contributed by atoms with E-state index in [0.717, 1.165) is 11.8 Å². The Bertz CT molecular complexity index is 649. The van der Waals surface area contributed by atoms with Gasteiger partial charge < -0.3 is 15.0 Å². The van der Waals surface area contributed by atoms with E-state index in [2.05, 4.69) is 15.0 Å². The van der Waals surface area contributed by atoms with E-state index >= 15 is 0 Å². The van der Waals surface area contributed by atoms with Gasteiger partial charge in [0.15, 0.2) is 0 Å². The predicted molar refractivity (Wildman–Crippen MR) is 88.1 cm³/mol. The van der Waals surface area contributed by atoms with Crippen LogP contribution in [0.5, 0.6) is 0 Å². The number of nitrogens with zero attached hydrogens (tertiary/aromatic N) is 2. The number of carbonyl (C=O) groups excluding carboxylic acids is 3. The number of methoxy groups -OCH3 is 1. The number of piperidine rings is 1. The number of aryl methyl sites for hydroxylation is 1. The molecular formula is C17H21N3O4. The highest BCUT2D eigenvalue weighted by atomic mass is 16.5. The Kier molecular flexibility index (Phi) is 6.06. The summed E-state index contributed by atoms with van der Waals surface area (Å²) < 4.78 is 4.45. The molecule has 0 unspecified atom stereocenters. The zero-order valence-corrected chi connectivity index (χ0v) is 13.8. The smallest absolute Gasteiger partial charge is 0.330 e. The molecule has 0 atom stereocenters. The maximum atomic E-state index is 12.3. The van der Waals surface area contributed by atoms with Gasteiger partial charge >= 0.3 is 5.97 Å². The van der Waals surface area contributed by atoms with Crippen LogP contribution in [0.1, 0.15) is 18.5 Å². The van der Waals surface area contributed by atoms with Crippen molar-refractivity contribution in [1.82, 2.24) is 9.88 Å². The van der Waals surface area contributed by atoms with Gasteiger partial charge in [-0.2, -0.15) is 0 Å². The van der Waals surface area contributed by atoms with E-state index in [1.165, 1.54) is 13.2 Å². The van der Waals surface area contributed by atoms with Crippen molar-refractivity contribution in [1.29, 1.82) is 0 Å². The first-order valence-electron chi connectivity index (χ1n) is 7.79. The molecule has 2 heterocycles. The molecule has 128 valence electrons. The standard InChI is InChI=1S/C17H21N3O4/c1-12-4-3-5-14(18-12)19-17(23)13-8-10-20(11-9-13)15(21)6-7-16(22)24-2/h3-7,13H,8-11H2,1-2H3,(H,18,19,23)/b7-6+. The van der Waals surface area contributed by atoms with Crippen molar-refractivity contribution in [3.63, 3.8) is 0 Å². The lowest BCUT2D eigenvalue weighted by molar-refractivity contribution is -0.135. The summed E-state index contributed by atoms with van der Waals surface area (Å²) in [7, 11) is 1.25. The van der Waals surface area contributed by atoms with Crippen LogP contribution < -0.4 is 5.32 Å². The fraction of sp³-hybridized carbons (Fsp3) is 0.412. The van der Waals surface area contributed by atoms with Crippen molar-refractivity contribution < 1.29 is 19.1 Å². The lowest BCUT2D eigenvalue weighted by Crippen LogP contribution is -2.40. The molecule has 0 aliphatic carbocycles. The van der Waals surface area contributed by atoms with E-state index < -0.39 is 5.97 Å².